The first kappa shape index (κ1) is 15.3. The Hall–Kier alpha value is -0.210. The largest absolute Gasteiger partial charge is 0.395 e. The van der Waals surface area contributed by atoms with E-state index in [0.717, 1.165) is 0 Å². The number of hydrogen-bond acceptors (Lipinski definition) is 5. The van der Waals surface area contributed by atoms with Crippen LogP contribution in [0.25, 0.3) is 0 Å². The summed E-state index contributed by atoms with van der Waals surface area (Å²) < 4.78 is 25.9. The van der Waals surface area contributed by atoms with Crippen molar-refractivity contribution in [2.45, 2.75) is 13.0 Å². The summed E-state index contributed by atoms with van der Waals surface area (Å²) in [4.78, 5) is 0. The monoisotopic (exact) mass is 215 g/mol. The predicted octanol–water partition coefficient (Wildman–Crippen LogP) is -1.55. The van der Waals surface area contributed by atoms with Crippen LogP contribution in [0.2, 0.25) is 0 Å². The van der Waals surface area contributed by atoms with Gasteiger partial charge in [-0.2, -0.15) is 8.42 Å². The van der Waals surface area contributed by atoms with Crippen molar-refractivity contribution in [2.24, 2.45) is 0 Å². The van der Waals surface area contributed by atoms with E-state index in [1.807, 2.05) is 0 Å². The smallest absolute Gasteiger partial charge is 0.261 e. The molecule has 0 aromatic carbocycles. The highest BCUT2D eigenvalue weighted by Crippen LogP contribution is 1.71. The molecule has 0 spiro atoms. The van der Waals surface area contributed by atoms with Crippen LogP contribution in [-0.2, 0) is 10.1 Å². The van der Waals surface area contributed by atoms with Crippen LogP contribution in [0.4, 0.5) is 0 Å². The molecule has 0 rings (SSSR count). The van der Waals surface area contributed by atoms with Gasteiger partial charge < -0.3 is 15.5 Å². The second kappa shape index (κ2) is 8.39. The maximum absolute atomic E-state index is 9.19. The standard InChI is InChI=1S/C5H13NO2.CH4O3S/c1-5(8)4-6-2-3-7;1-5(2,3)4/h5-8H,2-4H2,1H3;1H3,(H,2,3,4). The van der Waals surface area contributed by atoms with Crippen LogP contribution in [0.15, 0.2) is 0 Å². The molecule has 0 amide bonds. The molecule has 0 fully saturated rings. The third-order valence-corrected chi connectivity index (χ3v) is 0.728. The van der Waals surface area contributed by atoms with Crippen molar-refractivity contribution in [3.05, 3.63) is 0 Å². The molecule has 0 radical (unpaired) electrons. The third kappa shape index (κ3) is 49.3. The molecular formula is C6H17NO5S. The lowest BCUT2D eigenvalue weighted by atomic mass is 10.4. The summed E-state index contributed by atoms with van der Waals surface area (Å²) in [5, 5.41) is 19.7. The van der Waals surface area contributed by atoms with Crippen molar-refractivity contribution in [3.8, 4) is 0 Å². The van der Waals surface area contributed by atoms with Gasteiger partial charge in [-0.1, -0.05) is 0 Å². The van der Waals surface area contributed by atoms with Gasteiger partial charge in [0.2, 0.25) is 0 Å². The van der Waals surface area contributed by atoms with Crippen molar-refractivity contribution in [1.29, 1.82) is 0 Å². The Balaban J connectivity index is 0. The second-order valence-electron chi connectivity index (χ2n) is 2.51. The Bertz CT molecular complexity index is 181. The molecule has 0 aliphatic rings. The van der Waals surface area contributed by atoms with E-state index < -0.39 is 10.1 Å². The summed E-state index contributed by atoms with van der Waals surface area (Å²) in [6.07, 6.45) is 0.397. The van der Waals surface area contributed by atoms with Gasteiger partial charge in [0.05, 0.1) is 19.0 Å². The van der Waals surface area contributed by atoms with Gasteiger partial charge in [0.1, 0.15) is 0 Å². The molecule has 1 atom stereocenters. The molecule has 0 aromatic rings. The summed E-state index contributed by atoms with van der Waals surface area (Å²) in [6, 6.07) is 0. The van der Waals surface area contributed by atoms with Gasteiger partial charge in [-0.25, -0.2) is 0 Å². The van der Waals surface area contributed by atoms with E-state index in [2.05, 4.69) is 5.32 Å². The molecule has 7 heteroatoms. The minimum absolute atomic E-state index is 0.132. The van der Waals surface area contributed by atoms with Crippen molar-refractivity contribution in [2.75, 3.05) is 26.0 Å². The molecule has 6 nitrogen and oxygen atoms in total. The lowest BCUT2D eigenvalue weighted by Gasteiger charge is -2.02. The lowest BCUT2D eigenvalue weighted by molar-refractivity contribution is 0.186. The van der Waals surface area contributed by atoms with Crippen LogP contribution in [0.5, 0.6) is 0 Å². The van der Waals surface area contributed by atoms with Gasteiger partial charge in [-0.05, 0) is 6.92 Å². The van der Waals surface area contributed by atoms with E-state index >= 15 is 0 Å². The number of hydrogen-bond donors (Lipinski definition) is 4. The zero-order valence-corrected chi connectivity index (χ0v) is 8.58. The first-order valence-corrected chi connectivity index (χ1v) is 5.54. The molecule has 0 bridgehead atoms. The van der Waals surface area contributed by atoms with Gasteiger partial charge in [0, 0.05) is 13.1 Å². The predicted molar refractivity (Wildman–Crippen MR) is 49.1 cm³/mol. The Kier molecular flexibility index (Phi) is 9.86. The quantitative estimate of drug-likeness (QED) is 0.334. The molecule has 0 saturated carbocycles. The molecule has 0 aliphatic heterocycles. The first-order valence-electron chi connectivity index (χ1n) is 3.69. The molecule has 1 unspecified atom stereocenters. The topological polar surface area (TPSA) is 107 Å². The van der Waals surface area contributed by atoms with E-state index in [0.29, 0.717) is 19.3 Å². The van der Waals surface area contributed by atoms with Crippen LogP contribution in [-0.4, -0.2) is 55.2 Å². The molecule has 4 N–H and O–H groups in total. The van der Waals surface area contributed by atoms with Gasteiger partial charge in [-0.3, -0.25) is 4.55 Å². The summed E-state index contributed by atoms with van der Waals surface area (Å²) >= 11 is 0. The van der Waals surface area contributed by atoms with Crippen molar-refractivity contribution in [3.63, 3.8) is 0 Å². The van der Waals surface area contributed by atoms with Crippen LogP contribution >= 0.6 is 0 Å². The maximum atomic E-state index is 9.19. The molecular weight excluding hydrogens is 198 g/mol. The van der Waals surface area contributed by atoms with Crippen LogP contribution in [0, 0.1) is 0 Å². The van der Waals surface area contributed by atoms with Crippen molar-refractivity contribution in [1.82, 2.24) is 5.32 Å². The number of nitrogens with one attached hydrogen (secondary N) is 1. The Labute approximate surface area is 78.3 Å². The summed E-state index contributed by atoms with van der Waals surface area (Å²) in [5.41, 5.74) is 0. The van der Waals surface area contributed by atoms with Crippen molar-refractivity contribution < 1.29 is 23.2 Å². The SMILES string of the molecule is CC(O)CNCCO.CS(=O)(=O)O. The Morgan fingerprint density at radius 1 is 1.46 bits per heavy atom. The van der Waals surface area contributed by atoms with E-state index in [9.17, 15) is 8.42 Å². The highest BCUT2D eigenvalue weighted by Gasteiger charge is 1.90. The maximum Gasteiger partial charge on any atom is 0.261 e. The van der Waals surface area contributed by atoms with Gasteiger partial charge in [0.15, 0.2) is 0 Å². The number of aliphatic hydroxyl groups excluding tert-OH is 2. The summed E-state index contributed by atoms with van der Waals surface area (Å²) in [6.45, 7) is 2.95. The van der Waals surface area contributed by atoms with Gasteiger partial charge >= 0.3 is 0 Å². The van der Waals surface area contributed by atoms with Gasteiger partial charge in [-0.15, -0.1) is 0 Å². The third-order valence-electron chi connectivity index (χ3n) is 0.728. The minimum Gasteiger partial charge on any atom is -0.395 e. The van der Waals surface area contributed by atoms with E-state index in [1.165, 1.54) is 0 Å². The van der Waals surface area contributed by atoms with E-state index in [1.54, 1.807) is 6.92 Å². The van der Waals surface area contributed by atoms with Gasteiger partial charge in [0.25, 0.3) is 10.1 Å². The van der Waals surface area contributed by atoms with Crippen LogP contribution in [0.1, 0.15) is 6.92 Å². The molecule has 0 heterocycles. The van der Waals surface area contributed by atoms with Crippen LogP contribution < -0.4 is 5.32 Å². The summed E-state index contributed by atoms with van der Waals surface area (Å²) in [7, 11) is -3.67. The lowest BCUT2D eigenvalue weighted by Crippen LogP contribution is -2.26. The second-order valence-corrected chi connectivity index (χ2v) is 3.98. The molecule has 82 valence electrons. The normalized spacial score (nSPS) is 13.0. The van der Waals surface area contributed by atoms with E-state index in [-0.39, 0.29) is 12.7 Å². The highest BCUT2D eigenvalue weighted by molar-refractivity contribution is 7.85. The number of aliphatic hydroxyl groups is 2. The fraction of sp³-hybridized carbons (Fsp3) is 1.00. The Morgan fingerprint density at radius 3 is 2.08 bits per heavy atom. The molecule has 0 aliphatic carbocycles. The zero-order valence-electron chi connectivity index (χ0n) is 7.77. The van der Waals surface area contributed by atoms with E-state index in [4.69, 9.17) is 14.8 Å². The Morgan fingerprint density at radius 2 is 1.85 bits per heavy atom. The molecule has 0 aromatic heterocycles. The number of rotatable bonds is 4. The average Bonchev–Trinajstić information content (AvgIpc) is 1.83. The fourth-order valence-corrected chi connectivity index (χ4v) is 0.390. The molecule has 0 saturated heterocycles. The average molecular weight is 215 g/mol. The first-order chi connectivity index (χ1) is 5.77. The summed E-state index contributed by atoms with van der Waals surface area (Å²) in [5.74, 6) is 0. The van der Waals surface area contributed by atoms with Crippen LogP contribution in [0.3, 0.4) is 0 Å². The van der Waals surface area contributed by atoms with Crippen molar-refractivity contribution >= 4 is 10.1 Å². The molecule has 13 heavy (non-hydrogen) atoms. The zero-order chi connectivity index (χ0) is 10.9. The minimum atomic E-state index is -3.67. The fourth-order valence-electron chi connectivity index (χ4n) is 0.390. The highest BCUT2D eigenvalue weighted by atomic mass is 32.2.